The van der Waals surface area contributed by atoms with Gasteiger partial charge < -0.3 is 5.11 Å². The number of hydrogen-bond donors (Lipinski definition) is 1. The lowest BCUT2D eigenvalue weighted by molar-refractivity contribution is 0.0438. The molecule has 4 heteroatoms. The van der Waals surface area contributed by atoms with E-state index in [1.54, 1.807) is 0 Å². The highest BCUT2D eigenvalue weighted by Crippen LogP contribution is 2.39. The molecule has 25 heavy (non-hydrogen) atoms. The summed E-state index contributed by atoms with van der Waals surface area (Å²) in [6, 6.07) is 12.5. The van der Waals surface area contributed by atoms with Crippen LogP contribution in [0, 0.1) is 11.3 Å². The fraction of sp³-hybridized carbons (Fsp3) is 0.429. The Balaban J connectivity index is 1.61. The maximum absolute atomic E-state index is 11.3. The minimum atomic E-state index is -0.830. The molecule has 1 aromatic carbocycles. The molecule has 1 atom stereocenters. The number of benzene rings is 1. The molecule has 0 radical (unpaired) electrons. The predicted molar refractivity (Wildman–Crippen MR) is 99.6 cm³/mol. The summed E-state index contributed by atoms with van der Waals surface area (Å²) < 4.78 is 0. The zero-order valence-electron chi connectivity index (χ0n) is 14.3. The Morgan fingerprint density at radius 2 is 1.92 bits per heavy atom. The number of pyridine rings is 1. The van der Waals surface area contributed by atoms with Gasteiger partial charge in [0.25, 0.3) is 0 Å². The van der Waals surface area contributed by atoms with Crippen LogP contribution in [0.5, 0.6) is 0 Å². The van der Waals surface area contributed by atoms with Crippen LogP contribution in [0.4, 0.5) is 0 Å². The second-order valence-electron chi connectivity index (χ2n) is 7.10. The largest absolute Gasteiger partial charge is 0.384 e. The molecule has 3 nitrogen and oxygen atoms in total. The molecule has 128 valence electrons. The number of aryl methyl sites for hydroxylation is 3. The predicted octanol–water partition coefficient (Wildman–Crippen LogP) is 4.15. The van der Waals surface area contributed by atoms with Gasteiger partial charge in [-0.25, -0.2) is 4.98 Å². The van der Waals surface area contributed by atoms with Crippen LogP contribution in [-0.2, 0) is 24.9 Å². The number of nitriles is 1. The molecule has 4 rings (SSSR count). The van der Waals surface area contributed by atoms with Crippen molar-refractivity contribution in [3.05, 3.63) is 58.3 Å². The van der Waals surface area contributed by atoms with Crippen molar-refractivity contribution in [3.63, 3.8) is 0 Å². The van der Waals surface area contributed by atoms with Crippen LogP contribution in [0.3, 0.4) is 0 Å². The van der Waals surface area contributed by atoms with Gasteiger partial charge in [0.15, 0.2) is 0 Å². The highest BCUT2D eigenvalue weighted by Gasteiger charge is 2.34. The van der Waals surface area contributed by atoms with Crippen LogP contribution < -0.4 is 0 Å². The first kappa shape index (κ1) is 16.6. The summed E-state index contributed by atoms with van der Waals surface area (Å²) in [5.41, 5.74) is 4.49. The van der Waals surface area contributed by atoms with Crippen LogP contribution in [0.2, 0.25) is 0 Å². The van der Waals surface area contributed by atoms with Crippen molar-refractivity contribution in [3.8, 4) is 6.07 Å². The number of hydrogen-bond acceptors (Lipinski definition) is 4. The summed E-state index contributed by atoms with van der Waals surface area (Å²) in [4.78, 5) is 4.78. The summed E-state index contributed by atoms with van der Waals surface area (Å²) >= 11 is 1.53. The molecule has 0 saturated carbocycles. The molecule has 1 heterocycles. The van der Waals surface area contributed by atoms with E-state index >= 15 is 0 Å². The lowest BCUT2D eigenvalue weighted by Gasteiger charge is -2.34. The Kier molecular flexibility index (Phi) is 4.54. The van der Waals surface area contributed by atoms with E-state index in [2.05, 4.69) is 12.1 Å². The number of aliphatic hydroxyl groups is 1. The van der Waals surface area contributed by atoms with Gasteiger partial charge >= 0.3 is 0 Å². The van der Waals surface area contributed by atoms with E-state index in [0.717, 1.165) is 48.4 Å². The molecular formula is C21H22N2OS. The molecule has 0 spiro atoms. The van der Waals surface area contributed by atoms with Crippen molar-refractivity contribution >= 4 is 11.8 Å². The molecule has 2 aromatic rings. The summed E-state index contributed by atoms with van der Waals surface area (Å²) in [5, 5.41) is 21.5. The van der Waals surface area contributed by atoms with Gasteiger partial charge in [0.05, 0.1) is 11.2 Å². The van der Waals surface area contributed by atoms with Crippen LogP contribution in [0.1, 0.15) is 53.6 Å². The summed E-state index contributed by atoms with van der Waals surface area (Å²) in [5.74, 6) is 0.546. The van der Waals surface area contributed by atoms with Gasteiger partial charge in [0.2, 0.25) is 0 Å². The van der Waals surface area contributed by atoms with Crippen LogP contribution in [0.15, 0.2) is 35.4 Å². The highest BCUT2D eigenvalue weighted by molar-refractivity contribution is 7.99. The maximum atomic E-state index is 11.3. The lowest BCUT2D eigenvalue weighted by Crippen LogP contribution is -2.33. The Labute approximate surface area is 153 Å². The third-order valence-corrected chi connectivity index (χ3v) is 6.60. The van der Waals surface area contributed by atoms with Gasteiger partial charge in [-0.15, -0.1) is 11.8 Å². The minimum Gasteiger partial charge on any atom is -0.384 e. The Morgan fingerprint density at radius 1 is 1.12 bits per heavy atom. The Bertz CT molecular complexity index is 842. The molecule has 1 N–H and O–H groups in total. The third-order valence-electron chi connectivity index (χ3n) is 5.39. The molecule has 2 aliphatic rings. The lowest BCUT2D eigenvalue weighted by atomic mass is 9.80. The summed E-state index contributed by atoms with van der Waals surface area (Å²) in [7, 11) is 0. The fourth-order valence-corrected chi connectivity index (χ4v) is 5.15. The van der Waals surface area contributed by atoms with Crippen LogP contribution in [0.25, 0.3) is 0 Å². The van der Waals surface area contributed by atoms with Crippen molar-refractivity contribution < 1.29 is 5.11 Å². The first-order valence-corrected chi connectivity index (χ1v) is 10.0. The van der Waals surface area contributed by atoms with E-state index in [1.807, 2.05) is 24.3 Å². The molecule has 1 unspecified atom stereocenters. The average molecular weight is 350 g/mol. The van der Waals surface area contributed by atoms with E-state index in [0.29, 0.717) is 11.3 Å². The standard InChI is InChI=1S/C21H22N2OS/c22-13-17-12-16-7-2-4-10-19(16)23-20(17)25-14-21(24)11-5-8-15-6-1-3-9-18(15)21/h1,3,6,9,12,24H,2,4-5,7-8,10-11,14H2. The zero-order chi connectivity index (χ0) is 17.3. The number of thioether (sulfide) groups is 1. The monoisotopic (exact) mass is 350 g/mol. The Hall–Kier alpha value is -1.83. The summed E-state index contributed by atoms with van der Waals surface area (Å²) in [6.07, 6.45) is 7.18. The fourth-order valence-electron chi connectivity index (χ4n) is 4.04. The highest BCUT2D eigenvalue weighted by atomic mass is 32.2. The second kappa shape index (κ2) is 6.82. The van der Waals surface area contributed by atoms with Crippen LogP contribution in [-0.4, -0.2) is 15.8 Å². The number of fused-ring (bicyclic) bond motifs is 2. The zero-order valence-corrected chi connectivity index (χ0v) is 15.1. The van der Waals surface area contributed by atoms with Crippen LogP contribution >= 0.6 is 11.8 Å². The van der Waals surface area contributed by atoms with Gasteiger partial charge in [0.1, 0.15) is 11.1 Å². The van der Waals surface area contributed by atoms with Gasteiger partial charge in [-0.1, -0.05) is 24.3 Å². The smallest absolute Gasteiger partial charge is 0.114 e. The van der Waals surface area contributed by atoms with E-state index in [9.17, 15) is 10.4 Å². The van der Waals surface area contributed by atoms with E-state index in [-0.39, 0.29) is 0 Å². The molecule has 0 fully saturated rings. The maximum Gasteiger partial charge on any atom is 0.114 e. The molecular weight excluding hydrogens is 328 g/mol. The quantitative estimate of drug-likeness (QED) is 0.845. The van der Waals surface area contributed by atoms with Gasteiger partial charge in [-0.2, -0.15) is 5.26 Å². The van der Waals surface area contributed by atoms with Crippen molar-refractivity contribution in [2.45, 2.75) is 55.6 Å². The van der Waals surface area contributed by atoms with Crippen molar-refractivity contribution in [2.24, 2.45) is 0 Å². The van der Waals surface area contributed by atoms with E-state index in [1.165, 1.54) is 35.7 Å². The normalized spacial score (nSPS) is 21.9. The van der Waals surface area contributed by atoms with E-state index < -0.39 is 5.60 Å². The van der Waals surface area contributed by atoms with E-state index in [4.69, 9.17) is 4.98 Å². The first-order valence-electron chi connectivity index (χ1n) is 9.06. The molecule has 0 saturated heterocycles. The average Bonchev–Trinajstić information content (AvgIpc) is 2.66. The first-order chi connectivity index (χ1) is 12.2. The summed E-state index contributed by atoms with van der Waals surface area (Å²) in [6.45, 7) is 0. The SMILES string of the molecule is N#Cc1cc2c(nc1SCC1(O)CCCc3ccccc31)CCCC2. The van der Waals surface area contributed by atoms with Crippen molar-refractivity contribution in [1.29, 1.82) is 5.26 Å². The number of rotatable bonds is 3. The van der Waals surface area contributed by atoms with Gasteiger partial charge in [-0.05, 0) is 67.7 Å². The topological polar surface area (TPSA) is 56.9 Å². The number of nitrogens with zero attached hydrogens (tertiary/aromatic N) is 2. The van der Waals surface area contributed by atoms with Gasteiger partial charge in [0, 0.05) is 11.4 Å². The minimum absolute atomic E-state index is 0.546. The Morgan fingerprint density at radius 3 is 2.80 bits per heavy atom. The van der Waals surface area contributed by atoms with Gasteiger partial charge in [-0.3, -0.25) is 0 Å². The third kappa shape index (κ3) is 3.19. The second-order valence-corrected chi connectivity index (χ2v) is 8.06. The molecule has 0 amide bonds. The van der Waals surface area contributed by atoms with Crippen molar-refractivity contribution in [1.82, 2.24) is 4.98 Å². The number of aromatic nitrogens is 1. The molecule has 1 aromatic heterocycles. The molecule has 2 aliphatic carbocycles. The molecule has 0 aliphatic heterocycles. The molecule has 0 bridgehead atoms. The van der Waals surface area contributed by atoms with Crippen molar-refractivity contribution in [2.75, 3.05) is 5.75 Å².